The smallest absolute Gasteiger partial charge is 0.242 e. The van der Waals surface area contributed by atoms with Gasteiger partial charge in [0, 0.05) is 35.8 Å². The maximum Gasteiger partial charge on any atom is 0.242 e. The van der Waals surface area contributed by atoms with Crippen molar-refractivity contribution in [1.29, 1.82) is 0 Å². The number of rotatable bonds is 7. The fourth-order valence-corrected chi connectivity index (χ4v) is 2.14. The molecule has 0 bridgehead atoms. The van der Waals surface area contributed by atoms with E-state index in [1.54, 1.807) is 12.4 Å². The number of hydrogen-bond acceptors (Lipinski definition) is 5. The first-order chi connectivity index (χ1) is 11.5. The highest BCUT2D eigenvalue weighted by molar-refractivity contribution is 5.84. The summed E-state index contributed by atoms with van der Waals surface area (Å²) in [5.74, 6) is 1.25. The van der Waals surface area contributed by atoms with Crippen molar-refractivity contribution in [2.45, 2.75) is 52.6 Å². The molecule has 0 aliphatic heterocycles. The molecule has 0 aromatic carbocycles. The van der Waals surface area contributed by atoms with E-state index in [0.29, 0.717) is 11.6 Å². The number of hydrogen-bond donors (Lipinski definition) is 2. The fraction of sp³-hybridized carbons (Fsp3) is 0.444. The second kappa shape index (κ2) is 8.38. The normalized spacial score (nSPS) is 13.2. The van der Waals surface area contributed by atoms with Crippen molar-refractivity contribution in [2.75, 3.05) is 5.32 Å². The van der Waals surface area contributed by atoms with Crippen LogP contribution in [0.5, 0.6) is 0 Å². The summed E-state index contributed by atoms with van der Waals surface area (Å²) in [6.45, 7) is 7.91. The lowest BCUT2D eigenvalue weighted by molar-refractivity contribution is -0.122. The predicted molar refractivity (Wildman–Crippen MR) is 95.6 cm³/mol. The average molecular weight is 327 g/mol. The molecule has 24 heavy (non-hydrogen) atoms. The Hall–Kier alpha value is -2.50. The molecular formula is C18H25N5O. The molecule has 2 rings (SSSR count). The van der Waals surface area contributed by atoms with Crippen LogP contribution in [0.1, 0.15) is 39.8 Å². The number of carbonyl (C=O) groups excluding carboxylic acids is 1. The number of amides is 1. The highest BCUT2D eigenvalue weighted by Gasteiger charge is 2.16. The first kappa shape index (κ1) is 17.8. The summed E-state index contributed by atoms with van der Waals surface area (Å²) in [5.41, 5.74) is 1.83. The van der Waals surface area contributed by atoms with Crippen molar-refractivity contribution in [1.82, 2.24) is 20.3 Å². The lowest BCUT2D eigenvalue weighted by Crippen LogP contribution is -2.42. The van der Waals surface area contributed by atoms with Crippen molar-refractivity contribution in [3.8, 4) is 11.4 Å². The summed E-state index contributed by atoms with van der Waals surface area (Å²) < 4.78 is 0. The van der Waals surface area contributed by atoms with Gasteiger partial charge in [-0.1, -0.05) is 13.8 Å². The van der Waals surface area contributed by atoms with Crippen LogP contribution < -0.4 is 10.6 Å². The summed E-state index contributed by atoms with van der Waals surface area (Å²) in [4.78, 5) is 25.3. The second-order valence-corrected chi connectivity index (χ2v) is 5.84. The third-order valence-electron chi connectivity index (χ3n) is 3.84. The number of aromatic nitrogens is 3. The Morgan fingerprint density at radius 1 is 1.17 bits per heavy atom. The van der Waals surface area contributed by atoms with E-state index < -0.39 is 0 Å². The van der Waals surface area contributed by atoms with E-state index in [4.69, 9.17) is 0 Å². The van der Waals surface area contributed by atoms with Gasteiger partial charge in [0.2, 0.25) is 5.91 Å². The molecule has 2 atom stereocenters. The Morgan fingerprint density at radius 3 is 2.50 bits per heavy atom. The molecule has 6 heteroatoms. The van der Waals surface area contributed by atoms with Crippen molar-refractivity contribution in [3.05, 3.63) is 36.3 Å². The zero-order valence-electron chi connectivity index (χ0n) is 14.7. The number of carbonyl (C=O) groups is 1. The van der Waals surface area contributed by atoms with Crippen molar-refractivity contribution in [3.63, 3.8) is 0 Å². The van der Waals surface area contributed by atoms with Gasteiger partial charge in [0.15, 0.2) is 5.82 Å². The van der Waals surface area contributed by atoms with E-state index in [9.17, 15) is 4.79 Å². The van der Waals surface area contributed by atoms with E-state index in [0.717, 1.165) is 24.1 Å². The highest BCUT2D eigenvalue weighted by atomic mass is 16.2. The minimum absolute atomic E-state index is 0.0357. The van der Waals surface area contributed by atoms with Gasteiger partial charge in [0.1, 0.15) is 11.9 Å². The Labute approximate surface area is 143 Å². The third kappa shape index (κ3) is 4.75. The molecule has 2 N–H and O–H groups in total. The van der Waals surface area contributed by atoms with Gasteiger partial charge in [0.25, 0.3) is 0 Å². The Balaban J connectivity index is 2.19. The molecule has 0 aliphatic carbocycles. The van der Waals surface area contributed by atoms with Crippen molar-refractivity contribution >= 4 is 11.7 Å². The van der Waals surface area contributed by atoms with Gasteiger partial charge >= 0.3 is 0 Å². The van der Waals surface area contributed by atoms with Crippen LogP contribution in [0, 0.1) is 0 Å². The summed E-state index contributed by atoms with van der Waals surface area (Å²) in [5, 5.41) is 6.15. The molecule has 0 spiro atoms. The molecule has 1 amide bonds. The van der Waals surface area contributed by atoms with E-state index in [1.165, 1.54) is 0 Å². The van der Waals surface area contributed by atoms with Crippen molar-refractivity contribution in [2.24, 2.45) is 0 Å². The van der Waals surface area contributed by atoms with Crippen LogP contribution in [0.15, 0.2) is 30.6 Å². The van der Waals surface area contributed by atoms with E-state index in [2.05, 4.69) is 25.6 Å². The topological polar surface area (TPSA) is 79.8 Å². The lowest BCUT2D eigenvalue weighted by Gasteiger charge is -2.18. The molecule has 0 saturated carbocycles. The third-order valence-corrected chi connectivity index (χ3v) is 3.84. The zero-order valence-corrected chi connectivity index (χ0v) is 14.7. The van der Waals surface area contributed by atoms with E-state index in [1.807, 2.05) is 45.9 Å². The van der Waals surface area contributed by atoms with Gasteiger partial charge in [0.05, 0.1) is 0 Å². The summed E-state index contributed by atoms with van der Waals surface area (Å²) in [6, 6.07) is 5.42. The number of pyridine rings is 1. The largest absolute Gasteiger partial charge is 0.359 e. The molecule has 6 nitrogen and oxygen atoms in total. The summed E-state index contributed by atoms with van der Waals surface area (Å²) in [7, 11) is 0. The summed E-state index contributed by atoms with van der Waals surface area (Å²) >= 11 is 0. The van der Waals surface area contributed by atoms with Gasteiger partial charge in [-0.05, 0) is 38.8 Å². The van der Waals surface area contributed by atoms with Crippen molar-refractivity contribution < 1.29 is 4.79 Å². The molecule has 0 unspecified atom stereocenters. The van der Waals surface area contributed by atoms with Crippen LogP contribution >= 0.6 is 0 Å². The molecule has 2 aromatic rings. The SMILES string of the molecule is CCc1cc(N[C@@H](C)C(=O)N[C@H](C)CC)nc(-c2ccncc2)n1. The molecule has 0 radical (unpaired) electrons. The number of nitrogens with one attached hydrogen (secondary N) is 2. The van der Waals surface area contributed by atoms with Crippen LogP contribution in [-0.4, -0.2) is 32.9 Å². The molecule has 2 aromatic heterocycles. The minimum atomic E-state index is -0.371. The molecule has 0 fully saturated rings. The van der Waals surface area contributed by atoms with Crippen LogP contribution in [0.4, 0.5) is 5.82 Å². The van der Waals surface area contributed by atoms with Gasteiger partial charge in [-0.25, -0.2) is 9.97 Å². The Bertz CT molecular complexity index is 674. The van der Waals surface area contributed by atoms with Crippen LogP contribution in [0.2, 0.25) is 0 Å². The average Bonchev–Trinajstić information content (AvgIpc) is 2.61. The van der Waals surface area contributed by atoms with Crippen LogP contribution in [-0.2, 0) is 11.2 Å². The quantitative estimate of drug-likeness (QED) is 0.817. The first-order valence-electron chi connectivity index (χ1n) is 8.38. The molecule has 2 heterocycles. The Kier molecular flexibility index (Phi) is 6.23. The minimum Gasteiger partial charge on any atom is -0.359 e. The monoisotopic (exact) mass is 327 g/mol. The van der Waals surface area contributed by atoms with E-state index >= 15 is 0 Å². The Morgan fingerprint density at radius 2 is 1.88 bits per heavy atom. The van der Waals surface area contributed by atoms with E-state index in [-0.39, 0.29) is 18.0 Å². The first-order valence-corrected chi connectivity index (χ1v) is 8.38. The molecular weight excluding hydrogens is 302 g/mol. The maximum absolute atomic E-state index is 12.2. The predicted octanol–water partition coefficient (Wildman–Crippen LogP) is 2.82. The second-order valence-electron chi connectivity index (χ2n) is 5.84. The number of aryl methyl sites for hydroxylation is 1. The van der Waals surface area contributed by atoms with Gasteiger partial charge in [-0.2, -0.15) is 0 Å². The standard InChI is InChI=1S/C18H25N5O/c1-5-12(3)20-18(24)13(4)21-16-11-15(6-2)22-17(23-16)14-7-9-19-10-8-14/h7-13H,5-6H2,1-4H3,(H,20,24)(H,21,22,23)/t12-,13+/m1/s1. The highest BCUT2D eigenvalue weighted by Crippen LogP contribution is 2.18. The van der Waals surface area contributed by atoms with Crippen LogP contribution in [0.25, 0.3) is 11.4 Å². The van der Waals surface area contributed by atoms with Crippen LogP contribution in [0.3, 0.4) is 0 Å². The molecule has 0 saturated heterocycles. The number of nitrogens with zero attached hydrogens (tertiary/aromatic N) is 3. The number of anilines is 1. The fourth-order valence-electron chi connectivity index (χ4n) is 2.14. The maximum atomic E-state index is 12.2. The summed E-state index contributed by atoms with van der Waals surface area (Å²) in [6.07, 6.45) is 5.13. The van der Waals surface area contributed by atoms with Gasteiger partial charge < -0.3 is 10.6 Å². The zero-order chi connectivity index (χ0) is 17.5. The molecule has 128 valence electrons. The van der Waals surface area contributed by atoms with Gasteiger partial charge in [-0.3, -0.25) is 9.78 Å². The molecule has 0 aliphatic rings. The van der Waals surface area contributed by atoms with Gasteiger partial charge in [-0.15, -0.1) is 0 Å². The lowest BCUT2D eigenvalue weighted by atomic mass is 10.2.